The Morgan fingerprint density at radius 1 is 1.13 bits per heavy atom. The Morgan fingerprint density at radius 2 is 1.90 bits per heavy atom. The summed E-state index contributed by atoms with van der Waals surface area (Å²) in [5, 5.41) is 3.77. The van der Waals surface area contributed by atoms with Crippen LogP contribution in [0.2, 0.25) is 0 Å². The Balaban J connectivity index is 1.50. The van der Waals surface area contributed by atoms with Crippen molar-refractivity contribution in [3.63, 3.8) is 0 Å². The average Bonchev–Trinajstić information content (AvgIpc) is 2.95. The van der Waals surface area contributed by atoms with E-state index in [2.05, 4.69) is 5.32 Å². The molecule has 2 heterocycles. The first-order chi connectivity index (χ1) is 14.6. The average molecular weight is 408 g/mol. The monoisotopic (exact) mass is 408 g/mol. The number of fused-ring (bicyclic) bond motifs is 2. The number of rotatable bonds is 5. The van der Waals surface area contributed by atoms with Crippen molar-refractivity contribution in [2.75, 3.05) is 20.3 Å². The highest BCUT2D eigenvalue weighted by molar-refractivity contribution is 6.04. The Bertz CT molecular complexity index is 1090. The number of para-hydroxylation sites is 1. The molecule has 1 unspecified atom stereocenters. The number of nitrogens with one attached hydrogen (secondary N) is 1. The highest BCUT2D eigenvalue weighted by Gasteiger charge is 2.18. The summed E-state index contributed by atoms with van der Waals surface area (Å²) in [6.45, 7) is 3.26. The molecule has 1 atom stereocenters. The lowest BCUT2D eigenvalue weighted by atomic mass is 10.1. The molecule has 4 rings (SSSR count). The zero-order valence-corrected chi connectivity index (χ0v) is 17.0. The fourth-order valence-electron chi connectivity index (χ4n) is 3.62. The van der Waals surface area contributed by atoms with Crippen LogP contribution in [-0.4, -0.2) is 36.8 Å². The van der Waals surface area contributed by atoms with Crippen LogP contribution in [0.3, 0.4) is 0 Å². The summed E-state index contributed by atoms with van der Waals surface area (Å²) >= 11 is 0. The maximum atomic E-state index is 12.7. The van der Waals surface area contributed by atoms with Gasteiger partial charge in [0.1, 0.15) is 6.54 Å². The highest BCUT2D eigenvalue weighted by atomic mass is 16.5. The van der Waals surface area contributed by atoms with Gasteiger partial charge in [0.2, 0.25) is 5.91 Å². The second kappa shape index (κ2) is 8.49. The van der Waals surface area contributed by atoms with Gasteiger partial charge in [0.25, 0.3) is 0 Å². The van der Waals surface area contributed by atoms with Gasteiger partial charge < -0.3 is 24.1 Å². The lowest BCUT2D eigenvalue weighted by Crippen LogP contribution is -2.30. The normalized spacial score (nSPS) is 14.1. The van der Waals surface area contributed by atoms with E-state index in [1.807, 2.05) is 49.4 Å². The van der Waals surface area contributed by atoms with Gasteiger partial charge in [-0.2, -0.15) is 0 Å². The fraction of sp³-hybridized carbons (Fsp3) is 0.304. The van der Waals surface area contributed by atoms with E-state index in [4.69, 9.17) is 14.2 Å². The summed E-state index contributed by atoms with van der Waals surface area (Å²) < 4.78 is 18.0. The molecule has 1 N–H and O–H groups in total. The topological polar surface area (TPSA) is 78.8 Å². The maximum absolute atomic E-state index is 12.7. The van der Waals surface area contributed by atoms with Gasteiger partial charge in [-0.1, -0.05) is 24.3 Å². The third-order valence-corrected chi connectivity index (χ3v) is 5.16. The van der Waals surface area contributed by atoms with Crippen LogP contribution in [0.15, 0.2) is 48.7 Å². The van der Waals surface area contributed by atoms with E-state index in [9.17, 15) is 9.59 Å². The van der Waals surface area contributed by atoms with E-state index in [0.29, 0.717) is 24.5 Å². The predicted octanol–water partition coefficient (Wildman–Crippen LogP) is 3.47. The Morgan fingerprint density at radius 3 is 2.70 bits per heavy atom. The Labute approximate surface area is 174 Å². The third-order valence-electron chi connectivity index (χ3n) is 5.16. The SMILES string of the molecule is COC(=O)c1cn(CC(=O)NC(C)c2ccc3c(c2)OCCCO3)c2ccccc12. The second-order valence-electron chi connectivity index (χ2n) is 7.23. The van der Waals surface area contributed by atoms with E-state index < -0.39 is 5.97 Å². The predicted molar refractivity (Wildman–Crippen MR) is 112 cm³/mol. The number of carbonyl (C=O) groups is 2. The van der Waals surface area contributed by atoms with Crippen molar-refractivity contribution in [3.8, 4) is 11.5 Å². The number of ether oxygens (including phenoxy) is 3. The van der Waals surface area contributed by atoms with Crippen molar-refractivity contribution in [1.82, 2.24) is 9.88 Å². The molecular weight excluding hydrogens is 384 g/mol. The van der Waals surface area contributed by atoms with Crippen LogP contribution in [0.4, 0.5) is 0 Å². The van der Waals surface area contributed by atoms with Gasteiger partial charge in [-0.3, -0.25) is 4.79 Å². The Kier molecular flexibility index (Phi) is 5.61. The largest absolute Gasteiger partial charge is 0.490 e. The molecule has 1 aliphatic rings. The third kappa shape index (κ3) is 3.96. The molecule has 0 bridgehead atoms. The molecule has 156 valence electrons. The molecule has 0 fully saturated rings. The first-order valence-electron chi connectivity index (χ1n) is 9.92. The smallest absolute Gasteiger partial charge is 0.340 e. The second-order valence-corrected chi connectivity index (χ2v) is 7.23. The molecule has 7 nitrogen and oxygen atoms in total. The number of nitrogens with zero attached hydrogens (tertiary/aromatic N) is 1. The van der Waals surface area contributed by atoms with Crippen LogP contribution < -0.4 is 14.8 Å². The van der Waals surface area contributed by atoms with Crippen molar-refractivity contribution >= 4 is 22.8 Å². The lowest BCUT2D eigenvalue weighted by molar-refractivity contribution is -0.122. The van der Waals surface area contributed by atoms with Gasteiger partial charge in [0.05, 0.1) is 31.9 Å². The highest BCUT2D eigenvalue weighted by Crippen LogP contribution is 2.32. The number of esters is 1. The number of aromatic nitrogens is 1. The van der Waals surface area contributed by atoms with Crippen molar-refractivity contribution in [2.45, 2.75) is 25.9 Å². The summed E-state index contributed by atoms with van der Waals surface area (Å²) in [4.78, 5) is 24.8. The van der Waals surface area contributed by atoms with E-state index in [1.54, 1.807) is 10.8 Å². The first kappa shape index (κ1) is 19.8. The molecule has 0 saturated heterocycles. The standard InChI is InChI=1S/C23H24N2O5/c1-15(16-8-9-20-21(12-16)30-11-5-10-29-20)24-22(26)14-25-13-18(23(27)28-2)17-6-3-4-7-19(17)25/h3-4,6-9,12-13,15H,5,10-11,14H2,1-2H3,(H,24,26). The van der Waals surface area contributed by atoms with Crippen LogP contribution >= 0.6 is 0 Å². The molecule has 1 aromatic heterocycles. The number of hydrogen-bond donors (Lipinski definition) is 1. The minimum absolute atomic E-state index is 0.0897. The summed E-state index contributed by atoms with van der Waals surface area (Å²) in [5.41, 5.74) is 2.17. The number of hydrogen-bond acceptors (Lipinski definition) is 5. The summed E-state index contributed by atoms with van der Waals surface area (Å²) in [7, 11) is 1.35. The van der Waals surface area contributed by atoms with Crippen LogP contribution in [0, 0.1) is 0 Å². The Hall–Kier alpha value is -3.48. The van der Waals surface area contributed by atoms with Crippen molar-refractivity contribution in [3.05, 3.63) is 59.8 Å². The summed E-state index contributed by atoms with van der Waals surface area (Å²) in [6.07, 6.45) is 2.50. The van der Waals surface area contributed by atoms with Crippen LogP contribution in [0.5, 0.6) is 11.5 Å². The molecular formula is C23H24N2O5. The minimum Gasteiger partial charge on any atom is -0.490 e. The first-order valence-corrected chi connectivity index (χ1v) is 9.92. The maximum Gasteiger partial charge on any atom is 0.340 e. The number of benzene rings is 2. The molecule has 3 aromatic rings. The van der Waals surface area contributed by atoms with Crippen molar-refractivity contribution in [2.24, 2.45) is 0 Å². The van der Waals surface area contributed by atoms with Crippen LogP contribution in [0.25, 0.3) is 10.9 Å². The lowest BCUT2D eigenvalue weighted by Gasteiger charge is -2.17. The molecule has 0 spiro atoms. The molecule has 1 amide bonds. The molecule has 30 heavy (non-hydrogen) atoms. The van der Waals surface area contributed by atoms with E-state index >= 15 is 0 Å². The van der Waals surface area contributed by atoms with Gasteiger partial charge in [-0.15, -0.1) is 0 Å². The van der Waals surface area contributed by atoms with E-state index in [1.165, 1.54) is 7.11 Å². The summed E-state index contributed by atoms with van der Waals surface area (Å²) in [5.74, 6) is 0.840. The van der Waals surface area contributed by atoms with Gasteiger partial charge in [-0.05, 0) is 30.7 Å². The molecule has 0 aliphatic carbocycles. The molecule has 0 radical (unpaired) electrons. The molecule has 7 heteroatoms. The van der Waals surface area contributed by atoms with Gasteiger partial charge >= 0.3 is 5.97 Å². The zero-order valence-electron chi connectivity index (χ0n) is 17.0. The minimum atomic E-state index is -0.425. The van der Waals surface area contributed by atoms with Crippen LogP contribution in [-0.2, 0) is 16.1 Å². The van der Waals surface area contributed by atoms with Crippen molar-refractivity contribution in [1.29, 1.82) is 0 Å². The van der Waals surface area contributed by atoms with E-state index in [-0.39, 0.29) is 18.5 Å². The van der Waals surface area contributed by atoms with E-state index in [0.717, 1.165) is 28.6 Å². The van der Waals surface area contributed by atoms with Crippen molar-refractivity contribution < 1.29 is 23.8 Å². The van der Waals surface area contributed by atoms with Crippen LogP contribution in [0.1, 0.15) is 35.3 Å². The van der Waals surface area contributed by atoms with Gasteiger partial charge in [-0.25, -0.2) is 4.79 Å². The van der Waals surface area contributed by atoms with Gasteiger partial charge in [0.15, 0.2) is 11.5 Å². The number of methoxy groups -OCH3 is 1. The zero-order chi connectivity index (χ0) is 21.1. The fourth-order valence-corrected chi connectivity index (χ4v) is 3.62. The summed E-state index contributed by atoms with van der Waals surface area (Å²) in [6, 6.07) is 12.9. The molecule has 2 aromatic carbocycles. The quantitative estimate of drug-likeness (QED) is 0.654. The van der Waals surface area contributed by atoms with Gasteiger partial charge in [0, 0.05) is 23.5 Å². The molecule has 0 saturated carbocycles. The number of amides is 1. The number of carbonyl (C=O) groups excluding carboxylic acids is 2. The molecule has 1 aliphatic heterocycles.